The molecule has 26 heavy (non-hydrogen) atoms. The Hall–Kier alpha value is -1.55. The van der Waals surface area contributed by atoms with Crippen molar-refractivity contribution in [2.24, 2.45) is 0 Å². The molecule has 1 saturated heterocycles. The van der Waals surface area contributed by atoms with Gasteiger partial charge in [-0.25, -0.2) is 18.4 Å². The first kappa shape index (κ1) is 17.8. The third-order valence-corrected chi connectivity index (χ3v) is 8.44. The van der Waals surface area contributed by atoms with Gasteiger partial charge in [0.25, 0.3) is 10.0 Å². The minimum atomic E-state index is -3.43. The van der Waals surface area contributed by atoms with Crippen molar-refractivity contribution >= 4 is 54.0 Å². The number of nitrogens with zero attached hydrogens (tertiary/aromatic N) is 4. The van der Waals surface area contributed by atoms with Crippen LogP contribution >= 0.6 is 27.3 Å². The van der Waals surface area contributed by atoms with Gasteiger partial charge in [-0.15, -0.1) is 11.3 Å². The average molecular weight is 453 g/mol. The minimum absolute atomic E-state index is 0.376. The van der Waals surface area contributed by atoms with E-state index in [1.54, 1.807) is 22.8 Å². The molecule has 0 unspecified atom stereocenters. The standard InChI is InChI=1S/C17H17BrN4O2S2/c1-12-2-3-14-13(10-12)17(20-11-19-14)21-6-8-22(9-7-21)26(23,24)16-5-4-15(18)25-16/h2-5,10-11H,6-9H2,1H3. The summed E-state index contributed by atoms with van der Waals surface area (Å²) in [5, 5.41) is 1.01. The number of anilines is 1. The molecular weight excluding hydrogens is 436 g/mol. The summed E-state index contributed by atoms with van der Waals surface area (Å²) in [6.07, 6.45) is 1.57. The van der Waals surface area contributed by atoms with Gasteiger partial charge in [-0.1, -0.05) is 11.6 Å². The lowest BCUT2D eigenvalue weighted by molar-refractivity contribution is 0.385. The molecule has 4 rings (SSSR count). The van der Waals surface area contributed by atoms with Gasteiger partial charge < -0.3 is 4.90 Å². The summed E-state index contributed by atoms with van der Waals surface area (Å²) in [4.78, 5) is 10.9. The number of aryl methyl sites for hydroxylation is 1. The molecule has 1 aliphatic rings. The predicted molar refractivity (Wildman–Crippen MR) is 107 cm³/mol. The Morgan fingerprint density at radius 3 is 2.54 bits per heavy atom. The number of sulfonamides is 1. The fourth-order valence-electron chi connectivity index (χ4n) is 3.11. The predicted octanol–water partition coefficient (Wildman–Crippen LogP) is 3.27. The highest BCUT2D eigenvalue weighted by Crippen LogP contribution is 2.30. The van der Waals surface area contributed by atoms with Gasteiger partial charge in [0.15, 0.2) is 0 Å². The zero-order valence-corrected chi connectivity index (χ0v) is 17.3. The Bertz CT molecular complexity index is 1060. The molecule has 0 radical (unpaired) electrons. The van der Waals surface area contributed by atoms with Crippen LogP contribution in [0.15, 0.2) is 44.7 Å². The van der Waals surface area contributed by atoms with Crippen molar-refractivity contribution in [1.82, 2.24) is 14.3 Å². The van der Waals surface area contributed by atoms with Crippen molar-refractivity contribution in [3.8, 4) is 0 Å². The van der Waals surface area contributed by atoms with Crippen molar-refractivity contribution in [2.45, 2.75) is 11.1 Å². The number of halogens is 1. The average Bonchev–Trinajstić information content (AvgIpc) is 3.08. The van der Waals surface area contributed by atoms with E-state index < -0.39 is 10.0 Å². The lowest BCUT2D eigenvalue weighted by Gasteiger charge is -2.34. The molecule has 136 valence electrons. The van der Waals surface area contributed by atoms with Crippen molar-refractivity contribution in [1.29, 1.82) is 0 Å². The van der Waals surface area contributed by atoms with Crippen LogP contribution in [0.25, 0.3) is 10.9 Å². The maximum absolute atomic E-state index is 12.8. The molecule has 2 aromatic heterocycles. The summed E-state index contributed by atoms with van der Waals surface area (Å²) >= 11 is 4.57. The van der Waals surface area contributed by atoms with E-state index in [1.807, 2.05) is 19.1 Å². The third-order valence-electron chi connectivity index (χ3n) is 4.45. The number of piperazine rings is 1. The van der Waals surface area contributed by atoms with Crippen LogP contribution < -0.4 is 4.90 Å². The monoisotopic (exact) mass is 452 g/mol. The maximum atomic E-state index is 12.8. The van der Waals surface area contributed by atoms with Gasteiger partial charge in [0.2, 0.25) is 0 Å². The minimum Gasteiger partial charge on any atom is -0.353 e. The molecule has 0 aliphatic carbocycles. The molecule has 0 saturated carbocycles. The smallest absolute Gasteiger partial charge is 0.252 e. The molecule has 0 N–H and O–H groups in total. The molecule has 9 heteroatoms. The lowest BCUT2D eigenvalue weighted by atomic mass is 10.1. The van der Waals surface area contributed by atoms with Crippen molar-refractivity contribution in [2.75, 3.05) is 31.1 Å². The zero-order chi connectivity index (χ0) is 18.3. The highest BCUT2D eigenvalue weighted by molar-refractivity contribution is 9.11. The summed E-state index contributed by atoms with van der Waals surface area (Å²) in [5.41, 5.74) is 2.05. The molecule has 0 amide bonds. The number of aromatic nitrogens is 2. The van der Waals surface area contributed by atoms with Crippen LogP contribution in [0.5, 0.6) is 0 Å². The highest BCUT2D eigenvalue weighted by atomic mass is 79.9. The largest absolute Gasteiger partial charge is 0.353 e. The molecule has 1 aromatic carbocycles. The van der Waals surface area contributed by atoms with Crippen LogP contribution in [0.3, 0.4) is 0 Å². The summed E-state index contributed by atoms with van der Waals surface area (Å²) in [5.74, 6) is 0.870. The Labute approximate surface area is 164 Å². The van der Waals surface area contributed by atoms with Gasteiger partial charge in [0.1, 0.15) is 16.4 Å². The zero-order valence-electron chi connectivity index (χ0n) is 14.1. The van der Waals surface area contributed by atoms with E-state index >= 15 is 0 Å². The SMILES string of the molecule is Cc1ccc2ncnc(N3CCN(S(=O)(=O)c4ccc(Br)s4)CC3)c2c1. The van der Waals surface area contributed by atoms with Gasteiger partial charge in [0.05, 0.1) is 9.30 Å². The van der Waals surface area contributed by atoms with E-state index in [0.717, 1.165) is 26.1 Å². The number of hydrogen-bond acceptors (Lipinski definition) is 6. The van der Waals surface area contributed by atoms with E-state index in [-0.39, 0.29) is 0 Å². The van der Waals surface area contributed by atoms with Crippen LogP contribution in [-0.4, -0.2) is 48.9 Å². The molecular formula is C17H17BrN4O2S2. The fraction of sp³-hybridized carbons (Fsp3) is 0.294. The summed E-state index contributed by atoms with van der Waals surface area (Å²) in [6.45, 7) is 4.13. The van der Waals surface area contributed by atoms with Crippen LogP contribution in [-0.2, 0) is 10.0 Å². The van der Waals surface area contributed by atoms with Crippen LogP contribution in [0.4, 0.5) is 5.82 Å². The second-order valence-electron chi connectivity index (χ2n) is 6.17. The van der Waals surface area contributed by atoms with Gasteiger partial charge >= 0.3 is 0 Å². The van der Waals surface area contributed by atoms with Gasteiger partial charge in [0, 0.05) is 31.6 Å². The topological polar surface area (TPSA) is 66.4 Å². The van der Waals surface area contributed by atoms with E-state index in [4.69, 9.17) is 0 Å². The van der Waals surface area contributed by atoms with E-state index in [0.29, 0.717) is 30.4 Å². The van der Waals surface area contributed by atoms with Gasteiger partial charge in [-0.3, -0.25) is 0 Å². The first-order valence-electron chi connectivity index (χ1n) is 8.17. The van der Waals surface area contributed by atoms with Crippen molar-refractivity contribution in [3.63, 3.8) is 0 Å². The van der Waals surface area contributed by atoms with E-state index in [1.165, 1.54) is 11.3 Å². The fourth-order valence-corrected chi connectivity index (χ4v) is 6.70. The summed E-state index contributed by atoms with van der Waals surface area (Å²) < 4.78 is 28.3. The molecule has 0 spiro atoms. The van der Waals surface area contributed by atoms with Crippen molar-refractivity contribution in [3.05, 3.63) is 46.0 Å². The first-order valence-corrected chi connectivity index (χ1v) is 11.2. The first-order chi connectivity index (χ1) is 12.4. The van der Waals surface area contributed by atoms with Crippen LogP contribution in [0.2, 0.25) is 0 Å². The Morgan fingerprint density at radius 2 is 1.85 bits per heavy atom. The molecule has 6 nitrogen and oxygen atoms in total. The molecule has 0 atom stereocenters. The number of benzene rings is 1. The summed E-state index contributed by atoms with van der Waals surface area (Å²) in [7, 11) is -3.43. The van der Waals surface area contributed by atoms with Crippen LogP contribution in [0, 0.1) is 6.92 Å². The number of hydrogen-bond donors (Lipinski definition) is 0. The van der Waals surface area contributed by atoms with Crippen LogP contribution in [0.1, 0.15) is 5.56 Å². The van der Waals surface area contributed by atoms with E-state index in [2.05, 4.69) is 36.9 Å². The normalized spacial score (nSPS) is 16.3. The molecule has 3 aromatic rings. The van der Waals surface area contributed by atoms with Gasteiger partial charge in [-0.2, -0.15) is 4.31 Å². The molecule has 3 heterocycles. The quantitative estimate of drug-likeness (QED) is 0.609. The number of thiophene rings is 1. The second-order valence-corrected chi connectivity index (χ2v) is 10.8. The number of fused-ring (bicyclic) bond motifs is 1. The summed E-state index contributed by atoms with van der Waals surface area (Å²) in [6, 6.07) is 9.52. The lowest BCUT2D eigenvalue weighted by Crippen LogP contribution is -2.48. The highest BCUT2D eigenvalue weighted by Gasteiger charge is 2.30. The Morgan fingerprint density at radius 1 is 1.08 bits per heavy atom. The second kappa shape index (κ2) is 6.88. The molecule has 1 aliphatic heterocycles. The van der Waals surface area contributed by atoms with Gasteiger partial charge in [-0.05, 0) is 47.1 Å². The van der Waals surface area contributed by atoms with Crippen molar-refractivity contribution < 1.29 is 8.42 Å². The van der Waals surface area contributed by atoms with E-state index in [9.17, 15) is 8.42 Å². The third kappa shape index (κ3) is 3.24. The Balaban J connectivity index is 1.57. The molecule has 0 bridgehead atoms. The number of rotatable bonds is 3. The maximum Gasteiger partial charge on any atom is 0.252 e. The Kier molecular flexibility index (Phi) is 4.72. The molecule has 1 fully saturated rings.